The smallest absolute Gasteiger partial charge is 0.142 e. The second-order valence-electron chi connectivity index (χ2n) is 4.82. The molecule has 5 heteroatoms. The van der Waals surface area contributed by atoms with E-state index in [1.807, 2.05) is 0 Å². The van der Waals surface area contributed by atoms with Crippen LogP contribution in [0.3, 0.4) is 0 Å². The molecule has 112 valence electrons. The minimum Gasteiger partial charge on any atom is -0.394 e. The second kappa shape index (κ2) is 6.98. The molecule has 0 fully saturated rings. The monoisotopic (exact) mass is 311 g/mol. The molecule has 0 aliphatic rings. The Morgan fingerprint density at radius 3 is 2.48 bits per heavy atom. The normalized spacial score (nSPS) is 14.0. The molecule has 0 saturated heterocycles. The van der Waals surface area contributed by atoms with E-state index in [1.54, 1.807) is 31.2 Å². The predicted molar refractivity (Wildman–Crippen MR) is 79.2 cm³/mol. The first-order chi connectivity index (χ1) is 10.0. The highest BCUT2D eigenvalue weighted by Crippen LogP contribution is 2.24. The minimum absolute atomic E-state index is 0.0255. The van der Waals surface area contributed by atoms with Crippen LogP contribution in [-0.4, -0.2) is 11.7 Å². The molecule has 2 N–H and O–H groups in total. The summed E-state index contributed by atoms with van der Waals surface area (Å²) in [4.78, 5) is 0. The van der Waals surface area contributed by atoms with E-state index in [0.717, 1.165) is 0 Å². The van der Waals surface area contributed by atoms with E-state index in [-0.39, 0.29) is 23.5 Å². The summed E-state index contributed by atoms with van der Waals surface area (Å²) in [5.41, 5.74) is 1.05. The Bertz CT molecular complexity index is 621. The van der Waals surface area contributed by atoms with Crippen molar-refractivity contribution in [3.05, 3.63) is 70.2 Å². The van der Waals surface area contributed by atoms with Gasteiger partial charge >= 0.3 is 0 Å². The number of aliphatic hydroxyl groups excluding tert-OH is 1. The highest BCUT2D eigenvalue weighted by Gasteiger charge is 2.17. The zero-order chi connectivity index (χ0) is 15.4. The summed E-state index contributed by atoms with van der Waals surface area (Å²) in [7, 11) is 0. The Labute approximate surface area is 127 Å². The van der Waals surface area contributed by atoms with Crippen LogP contribution in [0.5, 0.6) is 0 Å². The maximum atomic E-state index is 13.7. The highest BCUT2D eigenvalue weighted by molar-refractivity contribution is 6.30. The van der Waals surface area contributed by atoms with Gasteiger partial charge in [-0.05, 0) is 30.7 Å². The largest absolute Gasteiger partial charge is 0.394 e. The van der Waals surface area contributed by atoms with Crippen LogP contribution < -0.4 is 5.32 Å². The third kappa shape index (κ3) is 3.79. The van der Waals surface area contributed by atoms with Gasteiger partial charge in [-0.2, -0.15) is 0 Å². The van der Waals surface area contributed by atoms with Crippen LogP contribution in [0.15, 0.2) is 42.5 Å². The molecule has 2 atom stereocenters. The summed E-state index contributed by atoms with van der Waals surface area (Å²) in [5, 5.41) is 12.6. The zero-order valence-corrected chi connectivity index (χ0v) is 12.2. The Morgan fingerprint density at radius 2 is 1.86 bits per heavy atom. The Balaban J connectivity index is 2.19. The molecular weight excluding hydrogens is 296 g/mol. The van der Waals surface area contributed by atoms with Crippen molar-refractivity contribution < 1.29 is 13.9 Å². The Morgan fingerprint density at radius 1 is 1.14 bits per heavy atom. The molecular formula is C16H16ClF2NO. The molecule has 2 aromatic rings. The van der Waals surface area contributed by atoms with Gasteiger partial charge in [-0.25, -0.2) is 8.78 Å². The number of nitrogens with one attached hydrogen (secondary N) is 1. The van der Waals surface area contributed by atoms with Crippen LogP contribution in [0.2, 0.25) is 5.02 Å². The first-order valence-corrected chi connectivity index (χ1v) is 6.97. The van der Waals surface area contributed by atoms with Crippen LogP contribution in [-0.2, 0) is 0 Å². The first kappa shape index (κ1) is 15.9. The minimum atomic E-state index is -0.548. The van der Waals surface area contributed by atoms with E-state index in [2.05, 4.69) is 5.32 Å². The SMILES string of the molecule is CC(NC(CO)c1ccc(Cl)c(F)c1)c1ccccc1F. The van der Waals surface area contributed by atoms with Crippen molar-refractivity contribution in [2.75, 3.05) is 6.61 Å². The van der Waals surface area contributed by atoms with Crippen LogP contribution in [0, 0.1) is 11.6 Å². The maximum absolute atomic E-state index is 13.7. The summed E-state index contributed by atoms with van der Waals surface area (Å²) >= 11 is 5.64. The molecule has 0 radical (unpaired) electrons. The summed E-state index contributed by atoms with van der Waals surface area (Å²) in [6.07, 6.45) is 0. The molecule has 0 bridgehead atoms. The third-order valence-electron chi connectivity index (χ3n) is 3.35. The lowest BCUT2D eigenvalue weighted by molar-refractivity contribution is 0.234. The van der Waals surface area contributed by atoms with E-state index in [4.69, 9.17) is 11.6 Å². The summed E-state index contributed by atoms with van der Waals surface area (Å²) in [5.74, 6) is -0.871. The number of hydrogen-bond acceptors (Lipinski definition) is 2. The van der Waals surface area contributed by atoms with Crippen molar-refractivity contribution in [2.24, 2.45) is 0 Å². The number of benzene rings is 2. The van der Waals surface area contributed by atoms with Crippen molar-refractivity contribution in [1.29, 1.82) is 0 Å². The molecule has 0 amide bonds. The lowest BCUT2D eigenvalue weighted by atomic mass is 10.0. The standard InChI is InChI=1S/C16H16ClF2NO/c1-10(12-4-2-3-5-14(12)18)20-16(9-21)11-6-7-13(17)15(19)8-11/h2-8,10,16,20-21H,9H2,1H3. The summed E-state index contributed by atoms with van der Waals surface area (Å²) in [6, 6.07) is 9.90. The van der Waals surface area contributed by atoms with Crippen LogP contribution in [0.1, 0.15) is 30.1 Å². The third-order valence-corrected chi connectivity index (χ3v) is 3.66. The van der Waals surface area contributed by atoms with Crippen LogP contribution in [0.4, 0.5) is 8.78 Å². The maximum Gasteiger partial charge on any atom is 0.142 e. The zero-order valence-electron chi connectivity index (χ0n) is 11.5. The number of aliphatic hydroxyl groups is 1. The van der Waals surface area contributed by atoms with Gasteiger partial charge < -0.3 is 10.4 Å². The predicted octanol–water partition coefficient (Wildman–Crippen LogP) is 4.00. The molecule has 0 aromatic heterocycles. The lowest BCUT2D eigenvalue weighted by Gasteiger charge is -2.23. The van der Waals surface area contributed by atoms with Crippen molar-refractivity contribution in [3.63, 3.8) is 0 Å². The lowest BCUT2D eigenvalue weighted by Crippen LogP contribution is -2.28. The number of rotatable bonds is 5. The summed E-state index contributed by atoms with van der Waals surface area (Å²) < 4.78 is 27.2. The molecule has 0 aliphatic heterocycles. The fourth-order valence-electron chi connectivity index (χ4n) is 2.20. The molecule has 0 saturated carbocycles. The fraction of sp³-hybridized carbons (Fsp3) is 0.250. The fourth-order valence-corrected chi connectivity index (χ4v) is 2.32. The molecule has 0 heterocycles. The summed E-state index contributed by atoms with van der Waals surface area (Å²) in [6.45, 7) is 1.55. The quantitative estimate of drug-likeness (QED) is 0.874. The molecule has 2 unspecified atom stereocenters. The van der Waals surface area contributed by atoms with Gasteiger partial charge in [0, 0.05) is 11.6 Å². The molecule has 2 nitrogen and oxygen atoms in total. The Kier molecular flexibility index (Phi) is 5.28. The molecule has 0 aliphatic carbocycles. The van der Waals surface area contributed by atoms with Crippen LogP contribution >= 0.6 is 11.6 Å². The molecule has 21 heavy (non-hydrogen) atoms. The van der Waals surface area contributed by atoms with Crippen molar-refractivity contribution in [2.45, 2.75) is 19.0 Å². The van der Waals surface area contributed by atoms with E-state index in [0.29, 0.717) is 11.1 Å². The molecule has 2 aromatic carbocycles. The van der Waals surface area contributed by atoms with Gasteiger partial charge in [-0.1, -0.05) is 35.9 Å². The number of hydrogen-bond donors (Lipinski definition) is 2. The van der Waals surface area contributed by atoms with Crippen molar-refractivity contribution >= 4 is 11.6 Å². The van der Waals surface area contributed by atoms with E-state index >= 15 is 0 Å². The number of halogens is 3. The highest BCUT2D eigenvalue weighted by atomic mass is 35.5. The van der Waals surface area contributed by atoms with Crippen molar-refractivity contribution in [1.82, 2.24) is 5.32 Å². The first-order valence-electron chi connectivity index (χ1n) is 6.59. The van der Waals surface area contributed by atoms with E-state index < -0.39 is 11.9 Å². The average Bonchev–Trinajstić information content (AvgIpc) is 2.48. The molecule has 2 rings (SSSR count). The van der Waals surface area contributed by atoms with Crippen LogP contribution in [0.25, 0.3) is 0 Å². The van der Waals surface area contributed by atoms with Crippen molar-refractivity contribution in [3.8, 4) is 0 Å². The van der Waals surface area contributed by atoms with Gasteiger partial charge in [0.25, 0.3) is 0 Å². The van der Waals surface area contributed by atoms with E-state index in [1.165, 1.54) is 18.2 Å². The van der Waals surface area contributed by atoms with Gasteiger partial charge in [0.05, 0.1) is 17.7 Å². The average molecular weight is 312 g/mol. The van der Waals surface area contributed by atoms with E-state index in [9.17, 15) is 13.9 Å². The van der Waals surface area contributed by atoms with Gasteiger partial charge in [-0.3, -0.25) is 0 Å². The second-order valence-corrected chi connectivity index (χ2v) is 5.23. The van der Waals surface area contributed by atoms with Gasteiger partial charge in [0.15, 0.2) is 0 Å². The molecule has 0 spiro atoms. The van der Waals surface area contributed by atoms with Gasteiger partial charge in [0.1, 0.15) is 11.6 Å². The van der Waals surface area contributed by atoms with Gasteiger partial charge in [-0.15, -0.1) is 0 Å². The Hall–Kier alpha value is -1.49. The van der Waals surface area contributed by atoms with Gasteiger partial charge in [0.2, 0.25) is 0 Å². The topological polar surface area (TPSA) is 32.3 Å².